The zero-order valence-electron chi connectivity index (χ0n) is 11.0. The van der Waals surface area contributed by atoms with Gasteiger partial charge >= 0.3 is 0 Å². The van der Waals surface area contributed by atoms with E-state index in [4.69, 9.17) is 9.15 Å². The number of rotatable bonds is 4. The summed E-state index contributed by atoms with van der Waals surface area (Å²) in [6.45, 7) is 3.88. The van der Waals surface area contributed by atoms with Gasteiger partial charge in [-0.3, -0.25) is 0 Å². The number of aliphatic hydroxyl groups is 2. The van der Waals surface area contributed by atoms with Gasteiger partial charge in [0.2, 0.25) is 0 Å². The summed E-state index contributed by atoms with van der Waals surface area (Å²) in [4.78, 5) is 0. The molecule has 0 amide bonds. The van der Waals surface area contributed by atoms with E-state index in [9.17, 15) is 10.2 Å². The summed E-state index contributed by atoms with van der Waals surface area (Å²) in [7, 11) is 0. The third kappa shape index (κ3) is 2.60. The lowest BCUT2D eigenvalue weighted by atomic mass is 9.77. The van der Waals surface area contributed by atoms with Crippen LogP contribution in [0.1, 0.15) is 51.4 Å². The average molecular weight is 254 g/mol. The van der Waals surface area contributed by atoms with Crippen LogP contribution in [0.3, 0.4) is 0 Å². The van der Waals surface area contributed by atoms with Crippen molar-refractivity contribution in [3.05, 3.63) is 24.2 Å². The fraction of sp³-hybridized carbons (Fsp3) is 0.714. The highest BCUT2D eigenvalue weighted by Gasteiger charge is 2.47. The van der Waals surface area contributed by atoms with Crippen LogP contribution in [0, 0.1) is 0 Å². The summed E-state index contributed by atoms with van der Waals surface area (Å²) in [5, 5.41) is 21.1. The maximum absolute atomic E-state index is 10.8. The van der Waals surface area contributed by atoms with Crippen LogP contribution in [0.5, 0.6) is 0 Å². The molecule has 1 unspecified atom stereocenters. The van der Waals surface area contributed by atoms with E-state index in [0.29, 0.717) is 12.2 Å². The molecule has 102 valence electrons. The van der Waals surface area contributed by atoms with Gasteiger partial charge in [-0.15, -0.1) is 0 Å². The average Bonchev–Trinajstić information content (AvgIpc) is 2.84. The highest BCUT2D eigenvalue weighted by molar-refractivity contribution is 5.10. The summed E-state index contributed by atoms with van der Waals surface area (Å²) in [5.74, 6) is 0.400. The van der Waals surface area contributed by atoms with Crippen LogP contribution in [-0.2, 0) is 4.74 Å². The summed E-state index contributed by atoms with van der Waals surface area (Å²) in [5.41, 5.74) is -1.25. The predicted molar refractivity (Wildman–Crippen MR) is 67.1 cm³/mol. The molecule has 1 aliphatic rings. The van der Waals surface area contributed by atoms with E-state index in [2.05, 4.69) is 0 Å². The van der Waals surface area contributed by atoms with Crippen molar-refractivity contribution in [2.24, 2.45) is 0 Å². The Hall–Kier alpha value is -0.840. The summed E-state index contributed by atoms with van der Waals surface area (Å²) < 4.78 is 11.0. The van der Waals surface area contributed by atoms with Gasteiger partial charge in [-0.25, -0.2) is 0 Å². The zero-order valence-corrected chi connectivity index (χ0v) is 11.0. The van der Waals surface area contributed by atoms with Crippen LogP contribution in [0.4, 0.5) is 0 Å². The summed E-state index contributed by atoms with van der Waals surface area (Å²) in [6, 6.07) is 3.40. The van der Waals surface area contributed by atoms with Gasteiger partial charge in [-0.1, -0.05) is 12.8 Å². The van der Waals surface area contributed by atoms with E-state index in [1.165, 1.54) is 6.26 Å². The largest absolute Gasteiger partial charge is 0.466 e. The summed E-state index contributed by atoms with van der Waals surface area (Å²) >= 11 is 0. The van der Waals surface area contributed by atoms with Gasteiger partial charge < -0.3 is 19.4 Å². The molecule has 1 aromatic rings. The Bertz CT molecular complexity index is 360. The van der Waals surface area contributed by atoms with E-state index in [1.807, 2.05) is 13.8 Å². The topological polar surface area (TPSA) is 62.8 Å². The molecular formula is C14H22O4. The Balaban J connectivity index is 2.19. The standard InChI is InChI=1S/C14H22O4/c1-10(2)18-12-7-3-4-8-14(12,16)13(15)11-6-5-9-17-11/h5-6,9-10,12-13,15-16H,3-4,7-8H2,1-2H3/t12-,13?,14-/m1/s1. The van der Waals surface area contributed by atoms with Gasteiger partial charge in [0.15, 0.2) is 0 Å². The third-order valence-electron chi connectivity index (χ3n) is 3.57. The molecule has 0 radical (unpaired) electrons. The van der Waals surface area contributed by atoms with Gasteiger partial charge in [0.25, 0.3) is 0 Å². The molecule has 4 heteroatoms. The van der Waals surface area contributed by atoms with E-state index in [-0.39, 0.29) is 12.2 Å². The molecule has 1 aliphatic carbocycles. The van der Waals surface area contributed by atoms with Crippen molar-refractivity contribution in [3.63, 3.8) is 0 Å². The molecule has 1 heterocycles. The molecule has 1 aromatic heterocycles. The minimum Gasteiger partial charge on any atom is -0.466 e. The van der Waals surface area contributed by atoms with Gasteiger partial charge in [0, 0.05) is 0 Å². The molecule has 0 saturated heterocycles. The van der Waals surface area contributed by atoms with Crippen molar-refractivity contribution in [1.29, 1.82) is 0 Å². The second kappa shape index (κ2) is 5.43. The Kier molecular flexibility index (Phi) is 4.10. The van der Waals surface area contributed by atoms with Crippen LogP contribution >= 0.6 is 0 Å². The lowest BCUT2D eigenvalue weighted by Gasteiger charge is -2.42. The van der Waals surface area contributed by atoms with Crippen molar-refractivity contribution in [1.82, 2.24) is 0 Å². The van der Waals surface area contributed by atoms with Crippen LogP contribution < -0.4 is 0 Å². The molecule has 0 aromatic carbocycles. The first kappa shape index (κ1) is 13.6. The number of ether oxygens (including phenoxy) is 1. The lowest BCUT2D eigenvalue weighted by molar-refractivity contribution is -0.199. The first-order valence-electron chi connectivity index (χ1n) is 6.63. The van der Waals surface area contributed by atoms with Gasteiger partial charge in [-0.05, 0) is 38.8 Å². The number of furan rings is 1. The number of hydrogen-bond donors (Lipinski definition) is 2. The quantitative estimate of drug-likeness (QED) is 0.866. The SMILES string of the molecule is CC(C)O[C@@H]1CCCC[C@]1(O)C(O)c1ccco1. The molecule has 1 fully saturated rings. The number of hydrogen-bond acceptors (Lipinski definition) is 4. The molecule has 2 rings (SSSR count). The maximum atomic E-state index is 10.8. The van der Waals surface area contributed by atoms with Crippen LogP contribution in [0.15, 0.2) is 22.8 Å². The smallest absolute Gasteiger partial charge is 0.143 e. The minimum atomic E-state index is -1.25. The monoisotopic (exact) mass is 254 g/mol. The Morgan fingerprint density at radius 1 is 1.44 bits per heavy atom. The van der Waals surface area contributed by atoms with E-state index in [0.717, 1.165) is 19.3 Å². The van der Waals surface area contributed by atoms with E-state index in [1.54, 1.807) is 12.1 Å². The van der Waals surface area contributed by atoms with Crippen LogP contribution in [0.25, 0.3) is 0 Å². The maximum Gasteiger partial charge on any atom is 0.143 e. The molecule has 18 heavy (non-hydrogen) atoms. The van der Waals surface area contributed by atoms with Crippen LogP contribution in [-0.4, -0.2) is 28.0 Å². The minimum absolute atomic E-state index is 0.0310. The third-order valence-corrected chi connectivity index (χ3v) is 3.57. The Labute approximate surface area is 108 Å². The van der Waals surface area contributed by atoms with Gasteiger partial charge in [0.05, 0.1) is 18.5 Å². The molecule has 2 N–H and O–H groups in total. The van der Waals surface area contributed by atoms with Gasteiger partial charge in [0.1, 0.15) is 17.5 Å². The van der Waals surface area contributed by atoms with Crippen molar-refractivity contribution >= 4 is 0 Å². The fourth-order valence-corrected chi connectivity index (χ4v) is 2.67. The molecular weight excluding hydrogens is 232 g/mol. The predicted octanol–water partition coefficient (Wildman–Crippen LogP) is 2.41. The highest BCUT2D eigenvalue weighted by atomic mass is 16.5. The number of aliphatic hydroxyl groups excluding tert-OH is 1. The normalized spacial score (nSPS) is 30.6. The molecule has 0 spiro atoms. The van der Waals surface area contributed by atoms with Crippen molar-refractivity contribution < 1.29 is 19.4 Å². The first-order valence-corrected chi connectivity index (χ1v) is 6.63. The lowest BCUT2D eigenvalue weighted by Crippen LogP contribution is -2.51. The molecule has 4 nitrogen and oxygen atoms in total. The van der Waals surface area contributed by atoms with Gasteiger partial charge in [-0.2, -0.15) is 0 Å². The van der Waals surface area contributed by atoms with Crippen molar-refractivity contribution in [2.75, 3.05) is 0 Å². The molecule has 0 bridgehead atoms. The van der Waals surface area contributed by atoms with Crippen molar-refractivity contribution in [2.45, 2.75) is 63.4 Å². The second-order valence-electron chi connectivity index (χ2n) is 5.33. The molecule has 3 atom stereocenters. The Morgan fingerprint density at radius 3 is 2.83 bits per heavy atom. The van der Waals surface area contributed by atoms with Crippen LogP contribution in [0.2, 0.25) is 0 Å². The van der Waals surface area contributed by atoms with E-state index >= 15 is 0 Å². The van der Waals surface area contributed by atoms with Crippen molar-refractivity contribution in [3.8, 4) is 0 Å². The van der Waals surface area contributed by atoms with E-state index < -0.39 is 11.7 Å². The molecule has 0 aliphatic heterocycles. The highest BCUT2D eigenvalue weighted by Crippen LogP contribution is 2.40. The zero-order chi connectivity index (χ0) is 13.2. The fourth-order valence-electron chi connectivity index (χ4n) is 2.67. The first-order chi connectivity index (χ1) is 8.54. The summed E-state index contributed by atoms with van der Waals surface area (Å²) in [6.07, 6.45) is 3.38. The molecule has 1 saturated carbocycles. The Morgan fingerprint density at radius 2 is 2.22 bits per heavy atom. The second-order valence-corrected chi connectivity index (χ2v) is 5.33.